The molecule has 1 unspecified atom stereocenters. The predicted molar refractivity (Wildman–Crippen MR) is 107 cm³/mol. The van der Waals surface area contributed by atoms with Crippen LogP contribution in [0.1, 0.15) is 29.7 Å². The van der Waals surface area contributed by atoms with Gasteiger partial charge in [0.1, 0.15) is 6.10 Å². The highest BCUT2D eigenvalue weighted by molar-refractivity contribution is 6.42. The smallest absolute Gasteiger partial charge is 0.213 e. The van der Waals surface area contributed by atoms with Gasteiger partial charge in [0.25, 0.3) is 0 Å². The second kappa shape index (κ2) is 10.5. The first-order valence-corrected chi connectivity index (χ1v) is 8.39. The van der Waals surface area contributed by atoms with Crippen molar-refractivity contribution in [3.05, 3.63) is 57.7 Å². The largest absolute Gasteiger partial charge is 0.472 e. The molecule has 0 bridgehead atoms. The van der Waals surface area contributed by atoms with Gasteiger partial charge in [0.15, 0.2) is 0 Å². The van der Waals surface area contributed by atoms with E-state index in [0.29, 0.717) is 40.3 Å². The lowest BCUT2D eigenvalue weighted by atomic mass is 9.98. The molecule has 3 N–H and O–H groups in total. The molecule has 1 fully saturated rings. The monoisotopic (exact) mass is 440 g/mol. The van der Waals surface area contributed by atoms with Crippen LogP contribution in [0.25, 0.3) is 0 Å². The second-order valence-corrected chi connectivity index (χ2v) is 6.49. The third-order valence-electron chi connectivity index (χ3n) is 3.94. The van der Waals surface area contributed by atoms with Crippen molar-refractivity contribution in [3.8, 4) is 5.88 Å². The van der Waals surface area contributed by atoms with Gasteiger partial charge in [-0.25, -0.2) is 4.98 Å². The van der Waals surface area contributed by atoms with Crippen molar-refractivity contribution in [2.75, 3.05) is 13.2 Å². The minimum atomic E-state index is -0.918. The van der Waals surface area contributed by atoms with Gasteiger partial charge in [-0.1, -0.05) is 29.3 Å². The molecule has 1 aliphatic rings. The Morgan fingerprint density at radius 3 is 2.46 bits per heavy atom. The zero-order chi connectivity index (χ0) is 17.1. The normalized spacial score (nSPS) is 18.4. The average molecular weight is 442 g/mol. The molecule has 9 heteroatoms. The zero-order valence-corrected chi connectivity index (χ0v) is 16.8. The van der Waals surface area contributed by atoms with Crippen LogP contribution in [0, 0.1) is 0 Å². The zero-order valence-electron chi connectivity index (χ0n) is 13.7. The summed E-state index contributed by atoms with van der Waals surface area (Å²) in [7, 11) is 0. The number of rotatable bonds is 5. The van der Waals surface area contributed by atoms with Gasteiger partial charge >= 0.3 is 0 Å². The Labute approximate surface area is 174 Å². The second-order valence-electron chi connectivity index (χ2n) is 5.68. The van der Waals surface area contributed by atoms with Crippen LogP contribution < -0.4 is 10.5 Å². The van der Waals surface area contributed by atoms with Crippen LogP contribution >= 0.6 is 48.0 Å². The number of benzene rings is 1. The fraction of sp³-hybridized carbons (Fsp3) is 0.353. The van der Waals surface area contributed by atoms with Gasteiger partial charge in [-0.15, -0.1) is 24.8 Å². The van der Waals surface area contributed by atoms with Gasteiger partial charge in [-0.2, -0.15) is 0 Å². The molecule has 2 aromatic rings. The molecule has 5 nitrogen and oxygen atoms in total. The van der Waals surface area contributed by atoms with E-state index in [1.165, 1.54) is 0 Å². The minimum Gasteiger partial charge on any atom is -0.472 e. The van der Waals surface area contributed by atoms with Crippen LogP contribution in [0.4, 0.5) is 0 Å². The van der Waals surface area contributed by atoms with Gasteiger partial charge in [0.2, 0.25) is 5.88 Å². The number of aromatic nitrogens is 1. The van der Waals surface area contributed by atoms with Gasteiger partial charge < -0.3 is 20.3 Å². The summed E-state index contributed by atoms with van der Waals surface area (Å²) in [5, 5.41) is 11.3. The van der Waals surface area contributed by atoms with Crippen LogP contribution in [0.3, 0.4) is 0 Å². The molecule has 0 amide bonds. The summed E-state index contributed by atoms with van der Waals surface area (Å²) in [5.41, 5.74) is 7.43. The molecule has 1 aromatic carbocycles. The maximum Gasteiger partial charge on any atom is 0.213 e. The summed E-state index contributed by atoms with van der Waals surface area (Å²) in [6, 6.07) is 7.88. The first-order chi connectivity index (χ1) is 11.5. The summed E-state index contributed by atoms with van der Waals surface area (Å²) in [6.07, 6.45) is 1.53. The van der Waals surface area contributed by atoms with Gasteiger partial charge in [-0.3, -0.25) is 0 Å². The van der Waals surface area contributed by atoms with E-state index in [9.17, 15) is 5.11 Å². The Morgan fingerprint density at radius 1 is 1.15 bits per heavy atom. The van der Waals surface area contributed by atoms with E-state index in [2.05, 4.69) is 4.98 Å². The average Bonchev–Trinajstić information content (AvgIpc) is 3.10. The third-order valence-corrected chi connectivity index (χ3v) is 4.68. The van der Waals surface area contributed by atoms with Crippen molar-refractivity contribution < 1.29 is 14.6 Å². The SMILES string of the molecule is Cl.Cl.N[C@H](c1ccc(Cl)c(Cl)c1)[C@@H](O)c1ccc(OC2CCOC2)nc1. The fourth-order valence-electron chi connectivity index (χ4n) is 2.52. The highest BCUT2D eigenvalue weighted by atomic mass is 35.5. The summed E-state index contributed by atoms with van der Waals surface area (Å²) < 4.78 is 11.0. The van der Waals surface area contributed by atoms with Crippen molar-refractivity contribution in [2.24, 2.45) is 5.73 Å². The van der Waals surface area contributed by atoms with E-state index in [4.69, 9.17) is 38.4 Å². The third kappa shape index (κ3) is 5.60. The lowest BCUT2D eigenvalue weighted by Crippen LogP contribution is -2.20. The Balaban J connectivity index is 0.00000169. The Hall–Kier alpha value is -0.790. The van der Waals surface area contributed by atoms with Crippen molar-refractivity contribution in [1.29, 1.82) is 0 Å². The quantitative estimate of drug-likeness (QED) is 0.729. The van der Waals surface area contributed by atoms with E-state index in [0.717, 1.165) is 6.42 Å². The van der Waals surface area contributed by atoms with Crippen LogP contribution in [-0.4, -0.2) is 29.4 Å². The van der Waals surface area contributed by atoms with E-state index < -0.39 is 12.1 Å². The van der Waals surface area contributed by atoms with Crippen molar-refractivity contribution in [3.63, 3.8) is 0 Å². The number of pyridine rings is 1. The molecule has 1 aromatic heterocycles. The first kappa shape index (κ1) is 23.2. The summed E-state index contributed by atoms with van der Waals surface area (Å²) >= 11 is 11.9. The lowest BCUT2D eigenvalue weighted by molar-refractivity contribution is 0.136. The maximum atomic E-state index is 10.5. The highest BCUT2D eigenvalue weighted by Gasteiger charge is 2.21. The highest BCUT2D eigenvalue weighted by Crippen LogP contribution is 2.31. The number of nitrogens with zero attached hydrogens (tertiary/aromatic N) is 1. The molecule has 1 saturated heterocycles. The molecular formula is C17H20Cl4N2O3. The molecule has 0 saturated carbocycles. The number of ether oxygens (including phenoxy) is 2. The van der Waals surface area contributed by atoms with Crippen molar-refractivity contribution in [2.45, 2.75) is 24.7 Å². The molecule has 0 aliphatic carbocycles. The molecule has 3 atom stereocenters. The first-order valence-electron chi connectivity index (χ1n) is 7.63. The Morgan fingerprint density at radius 2 is 1.88 bits per heavy atom. The molecule has 26 heavy (non-hydrogen) atoms. The standard InChI is InChI=1S/C17H18Cl2N2O3.2ClH/c18-13-3-1-10(7-14(13)19)16(20)17(22)11-2-4-15(21-8-11)24-12-5-6-23-9-12;;/h1-4,7-8,12,16-17,22H,5-6,9,20H2;2*1H/t12?,16-,17+;;/m1../s1. The van der Waals surface area contributed by atoms with Gasteiger partial charge in [0, 0.05) is 24.2 Å². The van der Waals surface area contributed by atoms with Crippen molar-refractivity contribution in [1.82, 2.24) is 4.98 Å². The summed E-state index contributed by atoms with van der Waals surface area (Å²) in [6.45, 7) is 1.29. The molecular weight excluding hydrogens is 422 g/mol. The molecule has 3 rings (SSSR count). The van der Waals surface area contributed by atoms with Crippen LogP contribution in [0.2, 0.25) is 10.0 Å². The van der Waals surface area contributed by atoms with E-state index in [1.54, 1.807) is 36.5 Å². The molecule has 0 spiro atoms. The van der Waals surface area contributed by atoms with E-state index >= 15 is 0 Å². The number of hydrogen-bond donors (Lipinski definition) is 2. The van der Waals surface area contributed by atoms with E-state index in [1.807, 2.05) is 0 Å². The Bertz CT molecular complexity index is 697. The molecule has 0 radical (unpaired) electrons. The van der Waals surface area contributed by atoms with Crippen LogP contribution in [0.15, 0.2) is 36.5 Å². The maximum absolute atomic E-state index is 10.5. The Kier molecular flexibility index (Phi) is 9.41. The topological polar surface area (TPSA) is 77.6 Å². The van der Waals surface area contributed by atoms with Crippen molar-refractivity contribution >= 4 is 48.0 Å². The molecule has 2 heterocycles. The van der Waals surface area contributed by atoms with Gasteiger partial charge in [0.05, 0.1) is 35.4 Å². The van der Waals surface area contributed by atoms with Crippen LogP contribution in [0.5, 0.6) is 5.88 Å². The minimum absolute atomic E-state index is 0. The number of aliphatic hydroxyl groups excluding tert-OH is 1. The summed E-state index contributed by atoms with van der Waals surface area (Å²) in [4.78, 5) is 4.23. The molecule has 144 valence electrons. The van der Waals surface area contributed by atoms with E-state index in [-0.39, 0.29) is 30.9 Å². The van der Waals surface area contributed by atoms with Crippen LogP contribution in [-0.2, 0) is 4.74 Å². The number of nitrogens with two attached hydrogens (primary N) is 1. The number of halogens is 4. The fourth-order valence-corrected chi connectivity index (χ4v) is 2.83. The number of hydrogen-bond acceptors (Lipinski definition) is 5. The molecule has 1 aliphatic heterocycles. The summed E-state index contributed by atoms with van der Waals surface area (Å²) in [5.74, 6) is 0.504. The van der Waals surface area contributed by atoms with Gasteiger partial charge in [-0.05, 0) is 23.8 Å². The number of aliphatic hydroxyl groups is 1. The predicted octanol–water partition coefficient (Wildman–Crippen LogP) is 4.13. The lowest BCUT2D eigenvalue weighted by Gasteiger charge is -2.20.